The zero-order chi connectivity index (χ0) is 16.7. The molecule has 0 radical (unpaired) electrons. The number of nitrogens with zero attached hydrogens (tertiary/aromatic N) is 1. The molecule has 5 heteroatoms. The first-order valence-corrected chi connectivity index (χ1v) is 7.92. The molecule has 1 aliphatic rings. The SMILES string of the molecule is N#CC(C(=O)CCC(=O)c1ccccc1)C(=O)NC1CCCC1. The molecule has 0 aliphatic heterocycles. The van der Waals surface area contributed by atoms with Gasteiger partial charge in [-0.2, -0.15) is 5.26 Å². The van der Waals surface area contributed by atoms with Crippen molar-refractivity contribution in [3.8, 4) is 6.07 Å². The van der Waals surface area contributed by atoms with Crippen LogP contribution in [0.25, 0.3) is 0 Å². The predicted octanol–water partition coefficient (Wildman–Crippen LogP) is 2.42. The third-order valence-electron chi connectivity index (χ3n) is 4.11. The summed E-state index contributed by atoms with van der Waals surface area (Å²) in [6.45, 7) is 0. The van der Waals surface area contributed by atoms with E-state index in [1.165, 1.54) is 0 Å². The van der Waals surface area contributed by atoms with E-state index in [0.717, 1.165) is 25.7 Å². The molecular weight excluding hydrogens is 292 g/mol. The van der Waals surface area contributed by atoms with Gasteiger partial charge in [-0.3, -0.25) is 14.4 Å². The number of hydrogen-bond acceptors (Lipinski definition) is 4. The number of ketones is 2. The third kappa shape index (κ3) is 4.75. The number of Topliss-reactive ketones (excluding diaryl/α,β-unsaturated/α-hetero) is 2. The molecule has 0 saturated heterocycles. The minimum Gasteiger partial charge on any atom is -0.352 e. The number of carbonyl (C=O) groups excluding carboxylic acids is 3. The molecular formula is C18H20N2O3. The van der Waals surface area contributed by atoms with Crippen LogP contribution >= 0.6 is 0 Å². The highest BCUT2D eigenvalue weighted by Gasteiger charge is 2.29. The maximum atomic E-state index is 12.1. The lowest BCUT2D eigenvalue weighted by atomic mass is 9.97. The van der Waals surface area contributed by atoms with E-state index in [9.17, 15) is 14.4 Å². The summed E-state index contributed by atoms with van der Waals surface area (Å²) in [5.74, 6) is -2.50. The quantitative estimate of drug-likeness (QED) is 0.618. The topological polar surface area (TPSA) is 87.0 Å². The van der Waals surface area contributed by atoms with Crippen LogP contribution in [0.4, 0.5) is 0 Å². The first-order valence-electron chi connectivity index (χ1n) is 7.92. The van der Waals surface area contributed by atoms with E-state index in [1.54, 1.807) is 36.4 Å². The Bertz CT molecular complexity index is 613. The molecule has 1 aromatic rings. The van der Waals surface area contributed by atoms with Gasteiger partial charge in [0.25, 0.3) is 0 Å². The Kier molecular flexibility index (Phi) is 6.04. The lowest BCUT2D eigenvalue weighted by Crippen LogP contribution is -2.40. The predicted molar refractivity (Wildman–Crippen MR) is 84.5 cm³/mol. The summed E-state index contributed by atoms with van der Waals surface area (Å²) < 4.78 is 0. The van der Waals surface area contributed by atoms with Crippen molar-refractivity contribution in [2.24, 2.45) is 5.92 Å². The number of nitriles is 1. The number of benzene rings is 1. The lowest BCUT2D eigenvalue weighted by molar-refractivity contribution is -0.132. The second-order valence-electron chi connectivity index (χ2n) is 5.81. The maximum absolute atomic E-state index is 12.1. The Labute approximate surface area is 135 Å². The molecule has 1 aromatic carbocycles. The average Bonchev–Trinajstić information content (AvgIpc) is 3.07. The molecule has 5 nitrogen and oxygen atoms in total. The van der Waals surface area contributed by atoms with Gasteiger partial charge in [0, 0.05) is 24.4 Å². The van der Waals surface area contributed by atoms with Crippen molar-refractivity contribution in [3.05, 3.63) is 35.9 Å². The summed E-state index contributed by atoms with van der Waals surface area (Å²) in [6.07, 6.45) is 3.82. The molecule has 1 amide bonds. The summed E-state index contributed by atoms with van der Waals surface area (Å²) in [5.41, 5.74) is 0.532. The van der Waals surface area contributed by atoms with Gasteiger partial charge in [-0.1, -0.05) is 43.2 Å². The van der Waals surface area contributed by atoms with E-state index in [0.29, 0.717) is 5.56 Å². The van der Waals surface area contributed by atoms with E-state index < -0.39 is 17.6 Å². The summed E-state index contributed by atoms with van der Waals surface area (Å²) in [4.78, 5) is 36.1. The van der Waals surface area contributed by atoms with Crippen molar-refractivity contribution in [1.29, 1.82) is 5.26 Å². The standard InChI is InChI=1S/C18H20N2O3/c19-12-15(18(23)20-14-8-4-5-9-14)17(22)11-10-16(21)13-6-2-1-3-7-13/h1-3,6-7,14-15H,4-5,8-11H2,(H,20,23). The van der Waals surface area contributed by atoms with Crippen LogP contribution in [0.3, 0.4) is 0 Å². The molecule has 1 fully saturated rings. The Morgan fingerprint density at radius 3 is 2.39 bits per heavy atom. The molecule has 23 heavy (non-hydrogen) atoms. The minimum atomic E-state index is -1.32. The van der Waals surface area contributed by atoms with Crippen molar-refractivity contribution in [3.63, 3.8) is 0 Å². The molecule has 1 atom stereocenters. The van der Waals surface area contributed by atoms with Gasteiger partial charge in [0.05, 0.1) is 6.07 Å². The Balaban J connectivity index is 1.86. The Hall–Kier alpha value is -2.48. The second kappa shape index (κ2) is 8.23. The third-order valence-corrected chi connectivity index (χ3v) is 4.11. The monoisotopic (exact) mass is 312 g/mol. The highest BCUT2D eigenvalue weighted by molar-refractivity contribution is 6.06. The summed E-state index contributed by atoms with van der Waals surface area (Å²) in [6, 6.07) is 10.5. The van der Waals surface area contributed by atoms with Crippen LogP contribution in [0.1, 0.15) is 48.9 Å². The molecule has 0 aromatic heterocycles. The fraction of sp³-hybridized carbons (Fsp3) is 0.444. The van der Waals surface area contributed by atoms with Gasteiger partial charge in [-0.05, 0) is 12.8 Å². The molecule has 1 saturated carbocycles. The van der Waals surface area contributed by atoms with Gasteiger partial charge in [-0.25, -0.2) is 0 Å². The molecule has 1 N–H and O–H groups in total. The fourth-order valence-electron chi connectivity index (χ4n) is 2.78. The van der Waals surface area contributed by atoms with Gasteiger partial charge in [0.1, 0.15) is 0 Å². The second-order valence-corrected chi connectivity index (χ2v) is 5.81. The fourth-order valence-corrected chi connectivity index (χ4v) is 2.78. The molecule has 0 heterocycles. The molecule has 120 valence electrons. The maximum Gasteiger partial charge on any atom is 0.245 e. The summed E-state index contributed by atoms with van der Waals surface area (Å²) >= 11 is 0. The van der Waals surface area contributed by atoms with Crippen LogP contribution in [0, 0.1) is 17.2 Å². The van der Waals surface area contributed by atoms with Gasteiger partial charge >= 0.3 is 0 Å². The van der Waals surface area contributed by atoms with E-state index in [4.69, 9.17) is 5.26 Å². The number of hydrogen-bond donors (Lipinski definition) is 1. The number of carbonyl (C=O) groups is 3. The van der Waals surface area contributed by atoms with Crippen LogP contribution in [-0.4, -0.2) is 23.5 Å². The lowest BCUT2D eigenvalue weighted by Gasteiger charge is -2.14. The first kappa shape index (κ1) is 16.9. The van der Waals surface area contributed by atoms with Crippen molar-refractivity contribution in [1.82, 2.24) is 5.32 Å². The van der Waals surface area contributed by atoms with E-state index in [-0.39, 0.29) is 24.7 Å². The number of amides is 1. The molecule has 0 bridgehead atoms. The average molecular weight is 312 g/mol. The zero-order valence-electron chi connectivity index (χ0n) is 13.0. The Morgan fingerprint density at radius 1 is 1.13 bits per heavy atom. The van der Waals surface area contributed by atoms with Crippen molar-refractivity contribution >= 4 is 17.5 Å². The molecule has 2 rings (SSSR count). The van der Waals surface area contributed by atoms with Gasteiger partial charge in [0.15, 0.2) is 17.5 Å². The normalized spacial score (nSPS) is 15.6. The summed E-state index contributed by atoms with van der Waals surface area (Å²) in [5, 5.41) is 11.9. The highest BCUT2D eigenvalue weighted by Crippen LogP contribution is 2.18. The van der Waals surface area contributed by atoms with Crippen molar-refractivity contribution in [2.75, 3.05) is 0 Å². The van der Waals surface area contributed by atoms with Crippen molar-refractivity contribution < 1.29 is 14.4 Å². The first-order chi connectivity index (χ1) is 11.1. The van der Waals surface area contributed by atoms with E-state index >= 15 is 0 Å². The van der Waals surface area contributed by atoms with Crippen LogP contribution in [0.15, 0.2) is 30.3 Å². The van der Waals surface area contributed by atoms with Crippen LogP contribution < -0.4 is 5.32 Å². The molecule has 0 spiro atoms. The number of rotatable bonds is 7. The number of nitrogens with one attached hydrogen (secondary N) is 1. The van der Waals surface area contributed by atoms with E-state index in [1.807, 2.05) is 0 Å². The molecule has 1 aliphatic carbocycles. The van der Waals surface area contributed by atoms with Gasteiger partial charge < -0.3 is 5.32 Å². The smallest absolute Gasteiger partial charge is 0.245 e. The van der Waals surface area contributed by atoms with Crippen molar-refractivity contribution in [2.45, 2.75) is 44.6 Å². The van der Waals surface area contributed by atoms with E-state index in [2.05, 4.69) is 5.32 Å². The van der Waals surface area contributed by atoms with Gasteiger partial charge in [0.2, 0.25) is 5.91 Å². The molecule has 1 unspecified atom stereocenters. The van der Waals surface area contributed by atoms with Crippen LogP contribution in [0.2, 0.25) is 0 Å². The zero-order valence-corrected chi connectivity index (χ0v) is 13.0. The highest BCUT2D eigenvalue weighted by atomic mass is 16.2. The minimum absolute atomic E-state index is 0.0116. The summed E-state index contributed by atoms with van der Waals surface area (Å²) in [7, 11) is 0. The van der Waals surface area contributed by atoms with Crippen LogP contribution in [0.5, 0.6) is 0 Å². The van der Waals surface area contributed by atoms with Crippen LogP contribution in [-0.2, 0) is 9.59 Å². The largest absolute Gasteiger partial charge is 0.352 e. The Morgan fingerprint density at radius 2 is 1.78 bits per heavy atom. The van der Waals surface area contributed by atoms with Gasteiger partial charge in [-0.15, -0.1) is 0 Å².